The summed E-state index contributed by atoms with van der Waals surface area (Å²) in [7, 11) is -5.37. The molecule has 17 rings (SSSR count). The largest absolute Gasteiger partial charge is 0.305 e. The molecule has 8 nitrogen and oxygen atoms in total. The van der Waals surface area contributed by atoms with Gasteiger partial charge >= 0.3 is 0 Å². The van der Waals surface area contributed by atoms with E-state index in [9.17, 15) is 0 Å². The smallest absolute Gasteiger partial charge is 0.0799 e. The minimum absolute atomic E-state index is 0. The van der Waals surface area contributed by atoms with E-state index in [1.54, 1.807) is 10.8 Å². The summed E-state index contributed by atoms with van der Waals surface area (Å²) in [5.74, 6) is 2.53. The Labute approximate surface area is 874 Å². The first-order chi connectivity index (χ1) is 63.3. The molecule has 0 amide bonds. The molecule has 1 atom stereocenters. The molecule has 714 valence electrons. The van der Waals surface area contributed by atoms with Gasteiger partial charge < -0.3 is 39.9 Å². The van der Waals surface area contributed by atoms with Crippen molar-refractivity contribution in [3.05, 3.63) is 410 Å². The molecule has 1 unspecified atom stereocenters. The Morgan fingerprint density at radius 1 is 0.294 bits per heavy atom. The number of benzene rings is 8. The van der Waals surface area contributed by atoms with E-state index in [4.69, 9.17) is 9.97 Å². The van der Waals surface area contributed by atoms with Gasteiger partial charge in [-0.3, -0.25) is 0 Å². The standard InChI is InChI=1S/C19H24NSi.2C18H24NSi.C17H22NSi.4C12H10N.4Ir/c1-21(2,3)19-14-20-18(16-11-5-4-6-12-16)13-17(19)15-9-7-8-10-15;1-14(2)11-16-12-17(15-9-7-6-8-10-15)19-13-18(16)20(3,4)5;1-6-14(2)16-12-17(15-10-8-7-9-11-15)19-13-18(16)20(3,4)5;1-13(2)15-11-16(14-9-7-6-8-10-14)18-12-17(15)19(3,4)5;4*1-10-6-5-9-13-12(10)11-7-3-2-4-8-11;;;;/h4-6,11,13-15H,7-10H2,1-3H3;6-9,12-14H,11H2,1-5H3;7-10,12-14H,6H2,1-5H3;6-9,11-13H,1-5H3;4*2-7,9H,1H3;;;;/q8*-1;;;;. The first-order valence-electron chi connectivity index (χ1n) is 46.7. The predicted molar refractivity (Wildman–Crippen MR) is 571 cm³/mol. The summed E-state index contributed by atoms with van der Waals surface area (Å²) in [4.78, 5) is 36.1. The Morgan fingerprint density at radius 2 is 0.551 bits per heavy atom. The summed E-state index contributed by atoms with van der Waals surface area (Å²) in [6.45, 7) is 50.7. The van der Waals surface area contributed by atoms with Crippen molar-refractivity contribution >= 4 is 53.0 Å². The number of aromatic nitrogens is 8. The fourth-order valence-electron chi connectivity index (χ4n) is 15.8. The van der Waals surface area contributed by atoms with Gasteiger partial charge in [-0.2, -0.15) is 0 Å². The maximum atomic E-state index is 4.75. The normalized spacial score (nSPS) is 11.7. The second kappa shape index (κ2) is 57.1. The SMILES string of the molecule is CC(C)Cc1cc(-c2[c-]cccc2)ncc1[Si](C)(C)C.CC(C)c1cc(-c2[c-]cccc2)ncc1[Si](C)(C)C.CCC(C)c1cc(-c2[c-]cccc2)ncc1[Si](C)(C)C.C[Si](C)(C)c1cnc(-c2[c-]cccc2)cc1C1CCCC1.Cc1cccnc1-c1[c-]cccc1.Cc1cccnc1-c1[c-]cccc1.Cc1cccnc1-c1[c-]cccc1.Cc1cccnc1-c1[c-]cccc1.[Ir].[Ir].[Ir].[Ir]. The van der Waals surface area contributed by atoms with Crippen LogP contribution in [0.5, 0.6) is 0 Å². The van der Waals surface area contributed by atoms with Gasteiger partial charge in [0.25, 0.3) is 0 Å². The van der Waals surface area contributed by atoms with E-state index in [0.29, 0.717) is 17.8 Å². The van der Waals surface area contributed by atoms with Crippen molar-refractivity contribution in [2.45, 2.75) is 204 Å². The third kappa shape index (κ3) is 35.4. The molecule has 8 aromatic carbocycles. The number of hydrogen-bond acceptors (Lipinski definition) is 8. The molecule has 4 radical (unpaired) electrons. The number of rotatable bonds is 18. The van der Waals surface area contributed by atoms with Crippen molar-refractivity contribution in [2.75, 3.05) is 0 Å². The second-order valence-corrected chi connectivity index (χ2v) is 58.8. The Kier molecular flexibility index (Phi) is 48.3. The molecule has 0 spiro atoms. The van der Waals surface area contributed by atoms with E-state index in [1.165, 1.54) is 86.6 Å². The van der Waals surface area contributed by atoms with E-state index in [-0.39, 0.29) is 80.4 Å². The van der Waals surface area contributed by atoms with Crippen molar-refractivity contribution in [2.24, 2.45) is 5.92 Å². The summed E-state index contributed by atoms with van der Waals surface area (Å²) < 4.78 is 0. The van der Waals surface area contributed by atoms with Crippen LogP contribution >= 0.6 is 0 Å². The van der Waals surface area contributed by atoms with Crippen LogP contribution in [0.4, 0.5) is 0 Å². The molecule has 0 N–H and O–H groups in total. The van der Waals surface area contributed by atoms with Crippen LogP contribution in [-0.2, 0) is 86.8 Å². The average Bonchev–Trinajstić information content (AvgIpc) is 1.60. The molecule has 1 aliphatic carbocycles. The van der Waals surface area contributed by atoms with Crippen molar-refractivity contribution < 1.29 is 80.4 Å². The van der Waals surface area contributed by atoms with Crippen molar-refractivity contribution in [3.8, 4) is 90.1 Å². The van der Waals surface area contributed by atoms with Gasteiger partial charge in [-0.15, -0.1) is 287 Å². The predicted octanol–water partition coefficient (Wildman–Crippen LogP) is 29.3. The van der Waals surface area contributed by atoms with Crippen molar-refractivity contribution in [1.29, 1.82) is 0 Å². The zero-order valence-corrected chi connectivity index (χ0v) is 97.1. The number of aryl methyl sites for hydroxylation is 4. The maximum Gasteiger partial charge on any atom is 0.0799 e. The summed E-state index contributed by atoms with van der Waals surface area (Å²) in [6.07, 6.45) is 23.5. The topological polar surface area (TPSA) is 103 Å². The van der Waals surface area contributed by atoms with Crippen LogP contribution in [0.15, 0.2) is 316 Å². The van der Waals surface area contributed by atoms with Crippen LogP contribution < -0.4 is 20.7 Å². The van der Waals surface area contributed by atoms with Gasteiger partial charge in [-0.05, 0) is 168 Å². The Morgan fingerprint density at radius 3 is 0.809 bits per heavy atom. The van der Waals surface area contributed by atoms with E-state index in [1.807, 2.05) is 213 Å². The summed E-state index contributed by atoms with van der Waals surface area (Å²) in [6, 6.07) is 115. The molecule has 8 aromatic heterocycles. The third-order valence-corrected chi connectivity index (χ3v) is 31.2. The van der Waals surface area contributed by atoms with Crippen LogP contribution in [0.2, 0.25) is 78.6 Å². The summed E-state index contributed by atoms with van der Waals surface area (Å²) in [5.41, 5.74) is 27.6. The fraction of sp³-hybridized carbons (Fsp3) is 0.267. The van der Waals surface area contributed by atoms with E-state index in [2.05, 4.69) is 330 Å². The van der Waals surface area contributed by atoms with Gasteiger partial charge in [-0.1, -0.05) is 226 Å². The average molecular weight is 2570 g/mol. The molecule has 16 heteroatoms. The van der Waals surface area contributed by atoms with Gasteiger partial charge in [0.1, 0.15) is 0 Å². The molecule has 1 aliphatic rings. The Hall–Kier alpha value is -9.58. The Balaban J connectivity index is 0.000000239. The maximum absolute atomic E-state index is 4.75. The number of hydrogen-bond donors (Lipinski definition) is 0. The summed E-state index contributed by atoms with van der Waals surface area (Å²) >= 11 is 0. The van der Waals surface area contributed by atoms with Gasteiger partial charge in [0, 0.05) is 130 Å². The minimum atomic E-state index is -1.35. The van der Waals surface area contributed by atoms with Crippen LogP contribution in [-0.4, -0.2) is 72.2 Å². The van der Waals surface area contributed by atoms with Crippen LogP contribution in [0.25, 0.3) is 90.1 Å². The molecule has 136 heavy (non-hydrogen) atoms. The zero-order chi connectivity index (χ0) is 94.8. The molecule has 0 aliphatic heterocycles. The van der Waals surface area contributed by atoms with Crippen molar-refractivity contribution in [3.63, 3.8) is 0 Å². The van der Waals surface area contributed by atoms with E-state index in [0.717, 1.165) is 102 Å². The molecule has 1 saturated carbocycles. The number of nitrogens with zero attached hydrogens (tertiary/aromatic N) is 8. The molecule has 1 fully saturated rings. The molecule has 0 saturated heterocycles. The van der Waals surface area contributed by atoms with Crippen molar-refractivity contribution in [1.82, 2.24) is 39.9 Å². The van der Waals surface area contributed by atoms with E-state index >= 15 is 0 Å². The molecule has 16 aromatic rings. The fourth-order valence-corrected chi connectivity index (χ4v) is 22.3. The van der Waals surface area contributed by atoms with Crippen LogP contribution in [0, 0.1) is 82.1 Å². The third-order valence-electron chi connectivity index (χ3n) is 23.1. The van der Waals surface area contributed by atoms with Gasteiger partial charge in [0.15, 0.2) is 0 Å². The summed E-state index contributed by atoms with van der Waals surface area (Å²) in [5, 5.41) is 6.01. The Bertz CT molecular complexity index is 5830. The number of pyridine rings is 8. The van der Waals surface area contributed by atoms with Gasteiger partial charge in [-0.25, -0.2) is 0 Å². The first-order valence-corrected chi connectivity index (χ1v) is 60.7. The zero-order valence-electron chi connectivity index (χ0n) is 83.5. The molecule has 8 heterocycles. The van der Waals surface area contributed by atoms with Crippen LogP contribution in [0.3, 0.4) is 0 Å². The minimum Gasteiger partial charge on any atom is -0.305 e. The van der Waals surface area contributed by atoms with E-state index < -0.39 is 32.3 Å². The first kappa shape index (κ1) is 115. The molecular formula is C120H134Ir4N8Si4-8. The second-order valence-electron chi connectivity index (χ2n) is 38.6. The van der Waals surface area contributed by atoms with Crippen LogP contribution in [0.1, 0.15) is 136 Å². The molecule has 0 bridgehead atoms. The van der Waals surface area contributed by atoms with Gasteiger partial charge in [0.05, 0.1) is 32.3 Å². The quantitative estimate of drug-likeness (QED) is 0.0618. The monoisotopic (exact) mass is 2570 g/mol. The van der Waals surface area contributed by atoms with Gasteiger partial charge in [0.2, 0.25) is 0 Å². The molecular weight excluding hydrogens is 2430 g/mol.